The molecule has 0 radical (unpaired) electrons. The standard InChI is InChI=1S/C12H17N5O/c1-9-5-3-6-10(13)11(9)12-14-15-16-17(12)7-4-8-18-2/h3,5-6H,4,7-8,13H2,1-2H3. The van der Waals surface area contributed by atoms with Gasteiger partial charge >= 0.3 is 0 Å². The predicted octanol–water partition coefficient (Wildman–Crippen LogP) is 1.27. The summed E-state index contributed by atoms with van der Waals surface area (Å²) >= 11 is 0. The van der Waals surface area contributed by atoms with Gasteiger partial charge in [0, 0.05) is 31.5 Å². The van der Waals surface area contributed by atoms with Crippen LogP contribution in [0.2, 0.25) is 0 Å². The van der Waals surface area contributed by atoms with E-state index in [2.05, 4.69) is 15.5 Å². The van der Waals surface area contributed by atoms with Crippen molar-refractivity contribution < 1.29 is 4.74 Å². The number of aromatic nitrogens is 4. The number of tetrazole rings is 1. The lowest BCUT2D eigenvalue weighted by Crippen LogP contribution is -2.07. The average Bonchev–Trinajstić information content (AvgIpc) is 2.78. The number of anilines is 1. The molecule has 0 atom stereocenters. The molecule has 1 aromatic heterocycles. The molecule has 0 unspecified atom stereocenters. The van der Waals surface area contributed by atoms with Gasteiger partial charge in [0.05, 0.1) is 0 Å². The fourth-order valence-corrected chi connectivity index (χ4v) is 1.89. The molecule has 0 spiro atoms. The number of nitrogens with zero attached hydrogens (tertiary/aromatic N) is 4. The van der Waals surface area contributed by atoms with Crippen LogP contribution in [0.3, 0.4) is 0 Å². The first-order chi connectivity index (χ1) is 8.74. The lowest BCUT2D eigenvalue weighted by Gasteiger charge is -2.09. The van der Waals surface area contributed by atoms with Crippen LogP contribution in [0.25, 0.3) is 11.4 Å². The topological polar surface area (TPSA) is 78.8 Å². The maximum atomic E-state index is 6.00. The molecule has 0 aliphatic rings. The molecular formula is C12H17N5O. The van der Waals surface area contributed by atoms with Crippen LogP contribution in [0.15, 0.2) is 18.2 Å². The van der Waals surface area contributed by atoms with Gasteiger partial charge in [-0.15, -0.1) is 5.10 Å². The number of nitrogen functional groups attached to an aromatic ring is 1. The number of methoxy groups -OCH3 is 1. The van der Waals surface area contributed by atoms with E-state index in [1.165, 1.54) is 0 Å². The van der Waals surface area contributed by atoms with Crippen molar-refractivity contribution in [1.29, 1.82) is 0 Å². The number of hydrogen-bond donors (Lipinski definition) is 1. The molecule has 96 valence electrons. The zero-order valence-electron chi connectivity index (χ0n) is 10.6. The lowest BCUT2D eigenvalue weighted by molar-refractivity contribution is 0.189. The summed E-state index contributed by atoms with van der Waals surface area (Å²) in [7, 11) is 1.68. The number of ether oxygens (including phenoxy) is 1. The molecule has 6 nitrogen and oxygen atoms in total. The first-order valence-electron chi connectivity index (χ1n) is 5.84. The highest BCUT2D eigenvalue weighted by atomic mass is 16.5. The molecule has 0 bridgehead atoms. The summed E-state index contributed by atoms with van der Waals surface area (Å²) in [6, 6.07) is 5.78. The number of aryl methyl sites for hydroxylation is 2. The first kappa shape index (κ1) is 12.5. The molecule has 2 rings (SSSR count). The predicted molar refractivity (Wildman–Crippen MR) is 68.9 cm³/mol. The van der Waals surface area contributed by atoms with Crippen molar-refractivity contribution in [2.45, 2.75) is 19.9 Å². The highest BCUT2D eigenvalue weighted by molar-refractivity contribution is 5.74. The number of nitrogens with two attached hydrogens (primary N) is 1. The van der Waals surface area contributed by atoms with E-state index in [1.807, 2.05) is 25.1 Å². The Labute approximate surface area is 106 Å². The summed E-state index contributed by atoms with van der Waals surface area (Å²) in [6.07, 6.45) is 0.861. The van der Waals surface area contributed by atoms with E-state index in [0.29, 0.717) is 24.7 Å². The summed E-state index contributed by atoms with van der Waals surface area (Å²) in [5.74, 6) is 0.710. The molecule has 0 fully saturated rings. The molecule has 0 aliphatic carbocycles. The Balaban J connectivity index is 2.31. The van der Waals surface area contributed by atoms with E-state index in [-0.39, 0.29) is 0 Å². The average molecular weight is 247 g/mol. The van der Waals surface area contributed by atoms with Crippen LogP contribution >= 0.6 is 0 Å². The maximum absolute atomic E-state index is 6.00. The fraction of sp³-hybridized carbons (Fsp3) is 0.417. The first-order valence-corrected chi connectivity index (χ1v) is 5.84. The van der Waals surface area contributed by atoms with Crippen molar-refractivity contribution in [2.75, 3.05) is 19.5 Å². The molecule has 0 amide bonds. The Morgan fingerprint density at radius 2 is 2.22 bits per heavy atom. The molecule has 0 aliphatic heterocycles. The van der Waals surface area contributed by atoms with Gasteiger partial charge in [-0.1, -0.05) is 12.1 Å². The summed E-state index contributed by atoms with van der Waals surface area (Å²) in [5, 5.41) is 11.8. The van der Waals surface area contributed by atoms with Gasteiger partial charge in [0.25, 0.3) is 0 Å². The van der Waals surface area contributed by atoms with Gasteiger partial charge in [-0.2, -0.15) is 0 Å². The van der Waals surface area contributed by atoms with Crippen molar-refractivity contribution in [3.63, 3.8) is 0 Å². The molecule has 18 heavy (non-hydrogen) atoms. The van der Waals surface area contributed by atoms with Crippen molar-refractivity contribution >= 4 is 5.69 Å². The van der Waals surface area contributed by atoms with E-state index in [0.717, 1.165) is 17.5 Å². The number of benzene rings is 1. The Kier molecular flexibility index (Phi) is 3.88. The van der Waals surface area contributed by atoms with Gasteiger partial charge in [0.2, 0.25) is 0 Å². The summed E-state index contributed by atoms with van der Waals surface area (Å²) in [6.45, 7) is 3.40. The van der Waals surface area contributed by atoms with Crippen molar-refractivity contribution in [2.24, 2.45) is 0 Å². The monoisotopic (exact) mass is 247 g/mol. The number of rotatable bonds is 5. The summed E-state index contributed by atoms with van der Waals surface area (Å²) in [5.41, 5.74) is 8.67. The van der Waals surface area contributed by atoms with Gasteiger partial charge < -0.3 is 10.5 Å². The van der Waals surface area contributed by atoms with Crippen LogP contribution in [0, 0.1) is 6.92 Å². The van der Waals surface area contributed by atoms with Crippen molar-refractivity contribution in [3.05, 3.63) is 23.8 Å². The molecule has 1 aromatic carbocycles. The Hall–Kier alpha value is -1.95. The minimum Gasteiger partial charge on any atom is -0.398 e. The third-order valence-electron chi connectivity index (χ3n) is 2.78. The Bertz CT molecular complexity index is 503. The molecular weight excluding hydrogens is 230 g/mol. The maximum Gasteiger partial charge on any atom is 0.184 e. The van der Waals surface area contributed by atoms with Crippen LogP contribution in [-0.2, 0) is 11.3 Å². The molecule has 0 saturated heterocycles. The lowest BCUT2D eigenvalue weighted by atomic mass is 10.1. The Morgan fingerprint density at radius 1 is 1.39 bits per heavy atom. The molecule has 2 aromatic rings. The number of hydrogen-bond acceptors (Lipinski definition) is 5. The smallest absolute Gasteiger partial charge is 0.184 e. The van der Waals surface area contributed by atoms with Gasteiger partial charge in [0.15, 0.2) is 5.82 Å². The van der Waals surface area contributed by atoms with Crippen molar-refractivity contribution in [3.8, 4) is 11.4 Å². The quantitative estimate of drug-likeness (QED) is 0.635. The SMILES string of the molecule is COCCCn1nnnc1-c1c(C)cccc1N. The van der Waals surface area contributed by atoms with E-state index < -0.39 is 0 Å². The van der Waals surface area contributed by atoms with Crippen LogP contribution in [0.4, 0.5) is 5.69 Å². The van der Waals surface area contributed by atoms with E-state index >= 15 is 0 Å². The molecule has 0 saturated carbocycles. The highest BCUT2D eigenvalue weighted by Gasteiger charge is 2.13. The van der Waals surface area contributed by atoms with Crippen LogP contribution in [0.5, 0.6) is 0 Å². The summed E-state index contributed by atoms with van der Waals surface area (Å²) in [4.78, 5) is 0. The zero-order valence-corrected chi connectivity index (χ0v) is 10.6. The highest BCUT2D eigenvalue weighted by Crippen LogP contribution is 2.26. The van der Waals surface area contributed by atoms with Gasteiger partial charge in [0.1, 0.15) is 0 Å². The molecule has 1 heterocycles. The minimum absolute atomic E-state index is 0.683. The summed E-state index contributed by atoms with van der Waals surface area (Å²) < 4.78 is 6.79. The molecule has 2 N–H and O–H groups in total. The third kappa shape index (κ3) is 2.48. The van der Waals surface area contributed by atoms with Crippen LogP contribution in [0.1, 0.15) is 12.0 Å². The fourth-order valence-electron chi connectivity index (χ4n) is 1.89. The largest absolute Gasteiger partial charge is 0.398 e. The van der Waals surface area contributed by atoms with Gasteiger partial charge in [-0.25, -0.2) is 4.68 Å². The van der Waals surface area contributed by atoms with E-state index in [1.54, 1.807) is 11.8 Å². The third-order valence-corrected chi connectivity index (χ3v) is 2.78. The van der Waals surface area contributed by atoms with Gasteiger partial charge in [-0.3, -0.25) is 0 Å². The van der Waals surface area contributed by atoms with Gasteiger partial charge in [-0.05, 0) is 35.4 Å². The van der Waals surface area contributed by atoms with Crippen LogP contribution in [-0.4, -0.2) is 33.9 Å². The van der Waals surface area contributed by atoms with E-state index in [4.69, 9.17) is 10.5 Å². The molecule has 6 heteroatoms. The zero-order chi connectivity index (χ0) is 13.0. The van der Waals surface area contributed by atoms with Crippen molar-refractivity contribution in [1.82, 2.24) is 20.2 Å². The second-order valence-electron chi connectivity index (χ2n) is 4.11. The van der Waals surface area contributed by atoms with Crippen LogP contribution < -0.4 is 5.73 Å². The second kappa shape index (κ2) is 5.59. The minimum atomic E-state index is 0.683. The Morgan fingerprint density at radius 3 is 2.94 bits per heavy atom. The van der Waals surface area contributed by atoms with E-state index in [9.17, 15) is 0 Å². The normalized spacial score (nSPS) is 10.8. The second-order valence-corrected chi connectivity index (χ2v) is 4.11.